The number of ether oxygens (including phenoxy) is 1. The molecule has 2 aromatic carbocycles. The highest BCUT2D eigenvalue weighted by molar-refractivity contribution is 7.22. The van der Waals surface area contributed by atoms with Gasteiger partial charge in [0.05, 0.1) is 15.8 Å². The van der Waals surface area contributed by atoms with Gasteiger partial charge in [0.2, 0.25) is 0 Å². The van der Waals surface area contributed by atoms with Crippen LogP contribution in [0.2, 0.25) is 0 Å². The number of nitrogens with zero attached hydrogens (tertiary/aromatic N) is 3. The highest BCUT2D eigenvalue weighted by atomic mass is 35.5. The Bertz CT molecular complexity index is 1340. The number of aromatic amines is 1. The molecule has 0 radical (unpaired) electrons. The Morgan fingerprint density at radius 2 is 1.85 bits per heavy atom. The Morgan fingerprint density at radius 1 is 1.12 bits per heavy atom. The predicted octanol–water partition coefficient (Wildman–Crippen LogP) is 4.88. The van der Waals surface area contributed by atoms with E-state index in [2.05, 4.69) is 14.7 Å². The van der Waals surface area contributed by atoms with Crippen molar-refractivity contribution in [2.45, 2.75) is 6.36 Å². The van der Waals surface area contributed by atoms with Crippen LogP contribution in [-0.4, -0.2) is 60.1 Å². The molecular formula is C22H20ClF3N4O3S. The second kappa shape index (κ2) is 10.00. The third kappa shape index (κ3) is 5.49. The quantitative estimate of drug-likeness (QED) is 0.282. The lowest BCUT2D eigenvalue weighted by molar-refractivity contribution is -0.274. The number of likely N-dealkylation sites (N-methyl/N-ethyl adjacent to an activating group) is 1. The number of alkyl halides is 3. The molecule has 0 fully saturated rings. The Kier molecular flexibility index (Phi) is 7.49. The first kappa shape index (κ1) is 25.5. The van der Waals surface area contributed by atoms with Gasteiger partial charge in [0.1, 0.15) is 5.75 Å². The number of rotatable bonds is 7. The average Bonchev–Trinajstić information content (AvgIpc) is 3.35. The smallest absolute Gasteiger partial charge is 0.406 e. The second-order valence-electron chi connectivity index (χ2n) is 7.51. The average molecular weight is 513 g/mol. The first-order valence-corrected chi connectivity index (χ1v) is 10.7. The van der Waals surface area contributed by atoms with E-state index in [0.717, 1.165) is 22.9 Å². The molecule has 0 saturated heterocycles. The molecule has 0 bridgehead atoms. The molecule has 12 heteroatoms. The maximum atomic E-state index is 13.3. The molecule has 4 rings (SSSR count). The minimum Gasteiger partial charge on any atom is -0.406 e. The van der Waals surface area contributed by atoms with Gasteiger partial charge < -0.3 is 14.6 Å². The van der Waals surface area contributed by atoms with E-state index in [4.69, 9.17) is 0 Å². The predicted molar refractivity (Wildman–Crippen MR) is 127 cm³/mol. The van der Waals surface area contributed by atoms with E-state index in [0.29, 0.717) is 22.1 Å². The largest absolute Gasteiger partial charge is 0.573 e. The molecule has 0 aliphatic rings. The van der Waals surface area contributed by atoms with Gasteiger partial charge in [-0.25, -0.2) is 4.98 Å². The molecule has 7 nitrogen and oxygen atoms in total. The van der Waals surface area contributed by atoms with Crippen LogP contribution in [0.25, 0.3) is 21.1 Å². The summed E-state index contributed by atoms with van der Waals surface area (Å²) in [5, 5.41) is 0.843. The molecular weight excluding hydrogens is 493 g/mol. The van der Waals surface area contributed by atoms with Crippen LogP contribution in [0.15, 0.2) is 48.7 Å². The number of carbonyl (C=O) groups is 2. The van der Waals surface area contributed by atoms with E-state index in [1.54, 1.807) is 18.2 Å². The number of thiazole rings is 1. The van der Waals surface area contributed by atoms with Crippen LogP contribution >= 0.6 is 23.7 Å². The molecule has 0 aliphatic heterocycles. The number of H-pyrrole nitrogens is 1. The molecule has 0 saturated carbocycles. The zero-order chi connectivity index (χ0) is 23.8. The van der Waals surface area contributed by atoms with E-state index >= 15 is 0 Å². The Balaban J connectivity index is 0.00000324. The summed E-state index contributed by atoms with van der Waals surface area (Å²) in [5.74, 6) is -1.86. The summed E-state index contributed by atoms with van der Waals surface area (Å²) in [7, 11) is 3.65. The number of carbonyl (C=O) groups excluding carboxylic acids is 2. The number of hydrogen-bond donors (Lipinski definition) is 1. The summed E-state index contributed by atoms with van der Waals surface area (Å²) >= 11 is 1.01. The van der Waals surface area contributed by atoms with Gasteiger partial charge in [-0.2, -0.15) is 0 Å². The van der Waals surface area contributed by atoms with Crippen LogP contribution in [0.5, 0.6) is 5.75 Å². The molecule has 2 aromatic heterocycles. The minimum absolute atomic E-state index is 0. The molecule has 0 unspecified atom stereocenters. The molecule has 180 valence electrons. The third-order valence-electron chi connectivity index (χ3n) is 4.86. The van der Waals surface area contributed by atoms with E-state index in [-0.39, 0.29) is 35.4 Å². The number of amides is 1. The van der Waals surface area contributed by atoms with E-state index < -0.39 is 18.1 Å². The number of halogens is 4. The van der Waals surface area contributed by atoms with Crippen molar-refractivity contribution >= 4 is 61.7 Å². The minimum atomic E-state index is -4.82. The summed E-state index contributed by atoms with van der Waals surface area (Å²) in [5.41, 5.74) is 1.37. The van der Waals surface area contributed by atoms with Crippen molar-refractivity contribution in [2.75, 3.05) is 32.1 Å². The van der Waals surface area contributed by atoms with Gasteiger partial charge in [-0.05, 0) is 32.3 Å². The Morgan fingerprint density at radius 3 is 2.56 bits per heavy atom. The van der Waals surface area contributed by atoms with Gasteiger partial charge in [0.25, 0.3) is 5.78 Å². The first-order valence-electron chi connectivity index (χ1n) is 9.86. The summed E-state index contributed by atoms with van der Waals surface area (Å²) in [4.78, 5) is 36.9. The normalized spacial score (nSPS) is 11.6. The van der Waals surface area contributed by atoms with Crippen molar-refractivity contribution in [3.63, 3.8) is 0 Å². The highest BCUT2D eigenvalue weighted by Gasteiger charge is 2.32. The van der Waals surface area contributed by atoms with Gasteiger partial charge >= 0.3 is 12.3 Å². The molecule has 0 spiro atoms. The molecule has 4 aromatic rings. The Labute approximate surface area is 202 Å². The van der Waals surface area contributed by atoms with Crippen LogP contribution in [0.4, 0.5) is 18.3 Å². The fraction of sp³-hybridized carbons (Fsp3) is 0.227. The van der Waals surface area contributed by atoms with Crippen LogP contribution in [0.1, 0.15) is 10.4 Å². The number of hydrogen-bond acceptors (Lipinski definition) is 6. The van der Waals surface area contributed by atoms with Crippen molar-refractivity contribution in [1.82, 2.24) is 14.9 Å². The monoisotopic (exact) mass is 512 g/mol. The van der Waals surface area contributed by atoms with Crippen molar-refractivity contribution in [3.05, 3.63) is 54.2 Å². The standard InChI is InChI=1S/C22H19F3N4O3S.ClH/c1-28(2)9-10-29(20(31)19(30)15-12-26-16-6-4-3-5-14(15)16)21-27-17-8-7-13(11-18(17)33-21)32-22(23,24)25;/h3-8,11-12,26H,9-10H2,1-2H3;1H. The summed E-state index contributed by atoms with van der Waals surface area (Å²) < 4.78 is 42.0. The molecule has 2 heterocycles. The molecule has 1 amide bonds. The van der Waals surface area contributed by atoms with Crippen molar-refractivity contribution in [2.24, 2.45) is 0 Å². The van der Waals surface area contributed by atoms with Crippen LogP contribution < -0.4 is 9.64 Å². The van der Waals surface area contributed by atoms with E-state index in [1.165, 1.54) is 23.2 Å². The lowest BCUT2D eigenvalue weighted by Gasteiger charge is -2.21. The lowest BCUT2D eigenvalue weighted by Crippen LogP contribution is -2.40. The lowest BCUT2D eigenvalue weighted by atomic mass is 10.1. The fourth-order valence-electron chi connectivity index (χ4n) is 3.29. The van der Waals surface area contributed by atoms with E-state index in [1.807, 2.05) is 25.1 Å². The summed E-state index contributed by atoms with van der Waals surface area (Å²) in [6, 6.07) is 10.9. The second-order valence-corrected chi connectivity index (χ2v) is 8.52. The number of aromatic nitrogens is 2. The number of fused-ring (bicyclic) bond motifs is 2. The van der Waals surface area contributed by atoms with Gasteiger partial charge in [0, 0.05) is 36.3 Å². The number of para-hydroxylation sites is 1. The number of benzene rings is 2. The van der Waals surface area contributed by atoms with Gasteiger partial charge in [0.15, 0.2) is 5.13 Å². The number of anilines is 1. The molecule has 1 N–H and O–H groups in total. The van der Waals surface area contributed by atoms with Gasteiger partial charge in [-0.1, -0.05) is 29.5 Å². The van der Waals surface area contributed by atoms with Crippen molar-refractivity contribution in [1.29, 1.82) is 0 Å². The highest BCUT2D eigenvalue weighted by Crippen LogP contribution is 2.33. The molecule has 0 aliphatic carbocycles. The van der Waals surface area contributed by atoms with E-state index in [9.17, 15) is 22.8 Å². The topological polar surface area (TPSA) is 78.5 Å². The number of nitrogens with one attached hydrogen (secondary N) is 1. The molecule has 34 heavy (non-hydrogen) atoms. The number of Topliss-reactive ketones (excluding diaryl/α,β-unsaturated/α-hetero) is 1. The molecule has 0 atom stereocenters. The first-order chi connectivity index (χ1) is 15.6. The summed E-state index contributed by atoms with van der Waals surface area (Å²) in [6.07, 6.45) is -3.32. The zero-order valence-electron chi connectivity index (χ0n) is 18.0. The van der Waals surface area contributed by atoms with Crippen molar-refractivity contribution < 1.29 is 27.5 Å². The van der Waals surface area contributed by atoms with Gasteiger partial charge in [-0.15, -0.1) is 25.6 Å². The maximum absolute atomic E-state index is 13.3. The SMILES string of the molecule is CN(C)CCN(C(=O)C(=O)c1c[nH]c2ccccc12)c1nc2ccc(OC(F)(F)F)cc2s1.Cl. The Hall–Kier alpha value is -3.15. The van der Waals surface area contributed by atoms with Crippen LogP contribution in [0, 0.1) is 0 Å². The summed E-state index contributed by atoms with van der Waals surface area (Å²) in [6.45, 7) is 0.622. The fourth-order valence-corrected chi connectivity index (χ4v) is 4.30. The van der Waals surface area contributed by atoms with Crippen molar-refractivity contribution in [3.8, 4) is 5.75 Å². The maximum Gasteiger partial charge on any atom is 0.573 e. The van der Waals surface area contributed by atoms with Crippen LogP contribution in [0.3, 0.4) is 0 Å². The van der Waals surface area contributed by atoms with Gasteiger partial charge in [-0.3, -0.25) is 14.5 Å². The zero-order valence-corrected chi connectivity index (χ0v) is 19.7. The number of ketones is 1. The van der Waals surface area contributed by atoms with Crippen LogP contribution in [-0.2, 0) is 4.79 Å². The third-order valence-corrected chi connectivity index (χ3v) is 5.90.